The van der Waals surface area contributed by atoms with Crippen molar-refractivity contribution in [2.45, 2.75) is 13.5 Å². The number of carboxylic acids is 1. The average Bonchev–Trinajstić information content (AvgIpc) is 3.06. The van der Waals surface area contributed by atoms with Crippen molar-refractivity contribution in [2.75, 3.05) is 4.90 Å². The maximum Gasteiger partial charge on any atom is 0.335 e. The van der Waals surface area contributed by atoms with Crippen molar-refractivity contribution >= 4 is 51.9 Å². The lowest BCUT2D eigenvalue weighted by Gasteiger charge is -2.16. The molecule has 3 aromatic carbocycles. The zero-order chi connectivity index (χ0) is 22.7. The first-order chi connectivity index (χ1) is 15.4. The molecule has 0 aliphatic carbocycles. The molecule has 160 valence electrons. The molecule has 32 heavy (non-hydrogen) atoms. The molecule has 0 unspecified atom stereocenters. The van der Waals surface area contributed by atoms with Gasteiger partial charge in [-0.2, -0.15) is 0 Å². The van der Waals surface area contributed by atoms with Gasteiger partial charge < -0.3 is 9.84 Å². The van der Waals surface area contributed by atoms with Gasteiger partial charge in [-0.25, -0.2) is 4.79 Å². The lowest BCUT2D eigenvalue weighted by Crippen LogP contribution is -2.28. The van der Waals surface area contributed by atoms with Crippen LogP contribution in [0.25, 0.3) is 6.08 Å². The summed E-state index contributed by atoms with van der Waals surface area (Å²) >= 11 is 6.74. The number of hydrogen-bond donors (Lipinski definition) is 1. The molecule has 0 atom stereocenters. The molecule has 1 aliphatic rings. The van der Waals surface area contributed by atoms with Crippen molar-refractivity contribution < 1.29 is 19.4 Å². The monoisotopic (exact) mass is 461 g/mol. The topological polar surface area (TPSA) is 66.8 Å². The number of para-hydroxylation sites is 1. The number of benzene rings is 3. The van der Waals surface area contributed by atoms with E-state index in [1.165, 1.54) is 11.8 Å². The summed E-state index contributed by atoms with van der Waals surface area (Å²) in [4.78, 5) is 26.0. The number of ether oxygens (including phenoxy) is 1. The summed E-state index contributed by atoms with van der Waals surface area (Å²) in [5, 5.41) is 8.96. The molecule has 0 aromatic heterocycles. The van der Waals surface area contributed by atoms with Crippen LogP contribution in [0.15, 0.2) is 77.7 Å². The van der Waals surface area contributed by atoms with Gasteiger partial charge in [0, 0.05) is 0 Å². The average molecular weight is 462 g/mol. The van der Waals surface area contributed by atoms with E-state index < -0.39 is 5.97 Å². The van der Waals surface area contributed by atoms with Crippen molar-refractivity contribution in [1.29, 1.82) is 0 Å². The normalized spacial score (nSPS) is 14.8. The minimum absolute atomic E-state index is 0.126. The van der Waals surface area contributed by atoms with E-state index in [1.54, 1.807) is 29.2 Å². The van der Waals surface area contributed by atoms with E-state index in [1.807, 2.05) is 61.5 Å². The fourth-order valence-electron chi connectivity index (χ4n) is 3.21. The number of carbonyl (C=O) groups is 2. The molecule has 1 fully saturated rings. The smallest absolute Gasteiger partial charge is 0.335 e. The van der Waals surface area contributed by atoms with Gasteiger partial charge >= 0.3 is 5.97 Å². The summed E-state index contributed by atoms with van der Waals surface area (Å²) in [6.07, 6.45) is 1.83. The van der Waals surface area contributed by atoms with Gasteiger partial charge in [0.15, 0.2) is 4.32 Å². The molecule has 0 radical (unpaired) electrons. The van der Waals surface area contributed by atoms with Gasteiger partial charge in [0.25, 0.3) is 5.91 Å². The van der Waals surface area contributed by atoms with Gasteiger partial charge in [-0.15, -0.1) is 0 Å². The summed E-state index contributed by atoms with van der Waals surface area (Å²) in [5.74, 6) is -0.403. The lowest BCUT2D eigenvalue weighted by molar-refractivity contribution is -0.113. The van der Waals surface area contributed by atoms with Crippen LogP contribution in [-0.2, 0) is 11.4 Å². The zero-order valence-electron chi connectivity index (χ0n) is 17.1. The highest BCUT2D eigenvalue weighted by Crippen LogP contribution is 2.37. The number of aromatic carboxylic acids is 1. The highest BCUT2D eigenvalue weighted by molar-refractivity contribution is 8.27. The predicted octanol–water partition coefficient (Wildman–Crippen LogP) is 5.68. The SMILES string of the molecule is Cc1ccccc1N1C(=O)C(=Cc2ccc(OCc3ccc(C(=O)O)cc3)cc2)SC1=S. The third-order valence-electron chi connectivity index (χ3n) is 4.93. The number of anilines is 1. The van der Waals surface area contributed by atoms with Crippen LogP contribution in [0.1, 0.15) is 27.0 Å². The van der Waals surface area contributed by atoms with Gasteiger partial charge in [-0.3, -0.25) is 9.69 Å². The summed E-state index contributed by atoms with van der Waals surface area (Å²) in [6.45, 7) is 2.28. The van der Waals surface area contributed by atoms with Gasteiger partial charge in [0.1, 0.15) is 12.4 Å². The lowest BCUT2D eigenvalue weighted by atomic mass is 10.1. The molecule has 0 bridgehead atoms. The highest BCUT2D eigenvalue weighted by atomic mass is 32.2. The molecule has 4 rings (SSSR count). The second-order valence-electron chi connectivity index (χ2n) is 7.16. The van der Waals surface area contributed by atoms with Gasteiger partial charge in [-0.1, -0.05) is 66.4 Å². The van der Waals surface area contributed by atoms with Crippen LogP contribution in [0.3, 0.4) is 0 Å². The summed E-state index contributed by atoms with van der Waals surface area (Å²) in [5.41, 5.74) is 3.78. The summed E-state index contributed by atoms with van der Waals surface area (Å²) in [7, 11) is 0. The third kappa shape index (κ3) is 4.74. The standard InChI is InChI=1S/C25H19NO4S2/c1-16-4-2-3-5-21(16)26-23(27)22(32-25(26)31)14-17-8-12-20(13-9-17)30-15-18-6-10-19(11-7-18)24(28)29/h2-14H,15H2,1H3,(H,28,29). The molecule has 5 nitrogen and oxygen atoms in total. The Kier molecular flexibility index (Phi) is 6.39. The van der Waals surface area contributed by atoms with Crippen molar-refractivity contribution in [3.05, 3.63) is 100.0 Å². The molecular weight excluding hydrogens is 442 g/mol. The van der Waals surface area contributed by atoms with Crippen molar-refractivity contribution in [1.82, 2.24) is 0 Å². The molecule has 0 saturated carbocycles. The van der Waals surface area contributed by atoms with Crippen LogP contribution < -0.4 is 9.64 Å². The number of carboxylic acid groups (broad SMARTS) is 1. The van der Waals surface area contributed by atoms with Crippen molar-refractivity contribution in [3.8, 4) is 5.75 Å². The molecule has 1 amide bonds. The van der Waals surface area contributed by atoms with Crippen LogP contribution in [0.5, 0.6) is 5.75 Å². The highest BCUT2D eigenvalue weighted by Gasteiger charge is 2.33. The third-order valence-corrected chi connectivity index (χ3v) is 6.24. The van der Waals surface area contributed by atoms with E-state index >= 15 is 0 Å². The number of carbonyl (C=O) groups excluding carboxylic acids is 1. The minimum atomic E-state index is -0.955. The number of aryl methyl sites for hydroxylation is 1. The Morgan fingerprint density at radius 3 is 2.41 bits per heavy atom. The molecule has 7 heteroatoms. The molecule has 0 spiro atoms. The largest absolute Gasteiger partial charge is 0.489 e. The van der Waals surface area contributed by atoms with Crippen molar-refractivity contribution in [2.24, 2.45) is 0 Å². The Morgan fingerprint density at radius 1 is 1.06 bits per heavy atom. The van der Waals surface area contributed by atoms with E-state index in [-0.39, 0.29) is 11.5 Å². The van der Waals surface area contributed by atoms with E-state index in [0.29, 0.717) is 21.6 Å². The van der Waals surface area contributed by atoms with E-state index in [9.17, 15) is 9.59 Å². The van der Waals surface area contributed by atoms with Crippen LogP contribution in [0.4, 0.5) is 5.69 Å². The fourth-order valence-corrected chi connectivity index (χ4v) is 4.50. The van der Waals surface area contributed by atoms with Gasteiger partial charge in [0.2, 0.25) is 0 Å². The Balaban J connectivity index is 1.43. The zero-order valence-corrected chi connectivity index (χ0v) is 18.8. The Hall–Kier alpha value is -3.42. The number of thioether (sulfide) groups is 1. The predicted molar refractivity (Wildman–Crippen MR) is 131 cm³/mol. The summed E-state index contributed by atoms with van der Waals surface area (Å²) < 4.78 is 6.29. The van der Waals surface area contributed by atoms with E-state index in [4.69, 9.17) is 22.1 Å². The van der Waals surface area contributed by atoms with E-state index in [0.717, 1.165) is 22.4 Å². The first-order valence-electron chi connectivity index (χ1n) is 9.81. The number of amides is 1. The Bertz CT molecular complexity index is 1220. The molecule has 3 aromatic rings. The van der Waals surface area contributed by atoms with Crippen molar-refractivity contribution in [3.63, 3.8) is 0 Å². The quantitative estimate of drug-likeness (QED) is 0.376. The van der Waals surface area contributed by atoms with Gasteiger partial charge in [-0.05, 0) is 60.0 Å². The first-order valence-corrected chi connectivity index (χ1v) is 11.0. The maximum absolute atomic E-state index is 13.0. The number of thiocarbonyl (C=S) groups is 1. The maximum atomic E-state index is 13.0. The number of rotatable bonds is 6. The minimum Gasteiger partial charge on any atom is -0.489 e. The molecular formula is C25H19NO4S2. The second-order valence-corrected chi connectivity index (χ2v) is 8.84. The van der Waals surface area contributed by atoms with E-state index in [2.05, 4.69) is 0 Å². The first kappa shape index (κ1) is 21.8. The molecule has 1 saturated heterocycles. The van der Waals surface area contributed by atoms with Crippen LogP contribution in [0.2, 0.25) is 0 Å². The Labute approximate surface area is 195 Å². The van der Waals surface area contributed by atoms with Gasteiger partial charge in [0.05, 0.1) is 16.2 Å². The molecule has 1 heterocycles. The number of nitrogens with zero attached hydrogens (tertiary/aromatic N) is 1. The van der Waals surface area contributed by atoms with Crippen LogP contribution in [0, 0.1) is 6.92 Å². The fraction of sp³-hybridized carbons (Fsp3) is 0.0800. The van der Waals surface area contributed by atoms with Crippen LogP contribution in [-0.4, -0.2) is 21.3 Å². The van der Waals surface area contributed by atoms with Crippen LogP contribution >= 0.6 is 24.0 Å². The number of hydrogen-bond acceptors (Lipinski definition) is 5. The second kappa shape index (κ2) is 9.38. The summed E-state index contributed by atoms with van der Waals surface area (Å²) in [6, 6.07) is 21.7. The molecule has 1 N–H and O–H groups in total. The Morgan fingerprint density at radius 2 is 1.75 bits per heavy atom. The molecule has 1 aliphatic heterocycles.